The zero-order valence-corrected chi connectivity index (χ0v) is 9.66. The lowest BCUT2D eigenvalue weighted by molar-refractivity contribution is 0.300. The van der Waals surface area contributed by atoms with Crippen molar-refractivity contribution >= 4 is 22.6 Å². The van der Waals surface area contributed by atoms with E-state index in [4.69, 9.17) is 4.74 Å². The van der Waals surface area contributed by atoms with Crippen LogP contribution in [0.1, 0.15) is 19.3 Å². The molecule has 1 aliphatic rings. The molecule has 0 aromatic heterocycles. The summed E-state index contributed by atoms with van der Waals surface area (Å²) < 4.78 is 6.88. The Morgan fingerprint density at radius 2 is 2.08 bits per heavy atom. The molecule has 1 saturated carbocycles. The molecule has 2 heteroatoms. The first-order valence-electron chi connectivity index (χ1n) is 4.73. The number of rotatable bonds is 4. The van der Waals surface area contributed by atoms with Gasteiger partial charge in [-0.3, -0.25) is 0 Å². The van der Waals surface area contributed by atoms with Crippen LogP contribution in [0.4, 0.5) is 0 Å². The van der Waals surface area contributed by atoms with E-state index in [0.717, 1.165) is 18.3 Å². The maximum absolute atomic E-state index is 5.68. The largest absolute Gasteiger partial charge is 0.492 e. The van der Waals surface area contributed by atoms with Crippen LogP contribution in [0.2, 0.25) is 0 Å². The molecule has 70 valence electrons. The van der Waals surface area contributed by atoms with Crippen LogP contribution in [0, 0.1) is 9.49 Å². The third-order valence-electron chi connectivity index (χ3n) is 2.32. The van der Waals surface area contributed by atoms with Gasteiger partial charge in [0.15, 0.2) is 0 Å². The summed E-state index contributed by atoms with van der Waals surface area (Å²) in [4.78, 5) is 0. The first-order chi connectivity index (χ1) is 6.36. The van der Waals surface area contributed by atoms with E-state index in [9.17, 15) is 0 Å². The SMILES string of the molecule is Ic1ccccc1OCCC1CC1. The zero-order chi connectivity index (χ0) is 9.10. The van der Waals surface area contributed by atoms with E-state index in [1.807, 2.05) is 18.2 Å². The van der Waals surface area contributed by atoms with Gasteiger partial charge in [0.05, 0.1) is 10.2 Å². The van der Waals surface area contributed by atoms with Gasteiger partial charge in [0.25, 0.3) is 0 Å². The molecule has 1 nitrogen and oxygen atoms in total. The van der Waals surface area contributed by atoms with E-state index in [0.29, 0.717) is 0 Å². The highest BCUT2D eigenvalue weighted by atomic mass is 127. The van der Waals surface area contributed by atoms with Crippen LogP contribution in [-0.2, 0) is 0 Å². The quantitative estimate of drug-likeness (QED) is 0.771. The number of ether oxygens (including phenoxy) is 1. The van der Waals surface area contributed by atoms with Crippen LogP contribution in [0.15, 0.2) is 24.3 Å². The highest BCUT2D eigenvalue weighted by molar-refractivity contribution is 14.1. The smallest absolute Gasteiger partial charge is 0.132 e. The summed E-state index contributed by atoms with van der Waals surface area (Å²) in [7, 11) is 0. The van der Waals surface area contributed by atoms with Gasteiger partial charge in [-0.05, 0) is 47.1 Å². The van der Waals surface area contributed by atoms with Gasteiger partial charge in [0.1, 0.15) is 5.75 Å². The van der Waals surface area contributed by atoms with E-state index in [2.05, 4.69) is 28.7 Å². The molecule has 0 radical (unpaired) electrons. The summed E-state index contributed by atoms with van der Waals surface area (Å²) in [5, 5.41) is 0. The van der Waals surface area contributed by atoms with Crippen LogP contribution in [0.5, 0.6) is 5.75 Å². The van der Waals surface area contributed by atoms with E-state index in [-0.39, 0.29) is 0 Å². The standard InChI is InChI=1S/C11H13IO/c12-10-3-1-2-4-11(10)13-8-7-9-5-6-9/h1-4,9H,5-8H2. The normalized spacial score (nSPS) is 15.8. The summed E-state index contributed by atoms with van der Waals surface area (Å²) in [6.07, 6.45) is 4.05. The number of hydrogen-bond acceptors (Lipinski definition) is 1. The van der Waals surface area contributed by atoms with Crippen molar-refractivity contribution in [1.29, 1.82) is 0 Å². The molecule has 0 bridgehead atoms. The summed E-state index contributed by atoms with van der Waals surface area (Å²) in [6.45, 7) is 0.880. The monoisotopic (exact) mass is 288 g/mol. The van der Waals surface area contributed by atoms with Crippen molar-refractivity contribution < 1.29 is 4.74 Å². The number of benzene rings is 1. The minimum Gasteiger partial charge on any atom is -0.492 e. The first kappa shape index (κ1) is 9.31. The maximum Gasteiger partial charge on any atom is 0.132 e. The molecule has 0 unspecified atom stereocenters. The lowest BCUT2D eigenvalue weighted by Crippen LogP contribution is -1.99. The van der Waals surface area contributed by atoms with E-state index >= 15 is 0 Å². The highest BCUT2D eigenvalue weighted by Crippen LogP contribution is 2.32. The molecule has 1 aromatic rings. The molecule has 1 aliphatic carbocycles. The fourth-order valence-corrected chi connectivity index (χ4v) is 1.85. The molecule has 0 spiro atoms. The van der Waals surface area contributed by atoms with E-state index in [1.54, 1.807) is 0 Å². The topological polar surface area (TPSA) is 9.23 Å². The van der Waals surface area contributed by atoms with Gasteiger partial charge in [-0.2, -0.15) is 0 Å². The van der Waals surface area contributed by atoms with Crippen molar-refractivity contribution in [3.63, 3.8) is 0 Å². The van der Waals surface area contributed by atoms with Crippen molar-refractivity contribution in [3.8, 4) is 5.75 Å². The molecular formula is C11H13IO. The maximum atomic E-state index is 5.68. The van der Waals surface area contributed by atoms with Crippen LogP contribution in [-0.4, -0.2) is 6.61 Å². The molecule has 1 fully saturated rings. The molecule has 0 atom stereocenters. The lowest BCUT2D eigenvalue weighted by Gasteiger charge is -2.06. The molecule has 2 rings (SSSR count). The van der Waals surface area contributed by atoms with Crippen LogP contribution < -0.4 is 4.74 Å². The van der Waals surface area contributed by atoms with Gasteiger partial charge in [0, 0.05) is 0 Å². The third-order valence-corrected chi connectivity index (χ3v) is 3.21. The third kappa shape index (κ3) is 2.86. The number of hydrogen-bond donors (Lipinski definition) is 0. The minimum atomic E-state index is 0.880. The van der Waals surface area contributed by atoms with Gasteiger partial charge in [-0.15, -0.1) is 0 Å². The average molecular weight is 288 g/mol. The Balaban J connectivity index is 1.82. The molecule has 1 aromatic carbocycles. The Morgan fingerprint density at radius 3 is 2.77 bits per heavy atom. The Kier molecular flexibility index (Phi) is 3.09. The summed E-state index contributed by atoms with van der Waals surface area (Å²) in [6, 6.07) is 8.17. The van der Waals surface area contributed by atoms with Gasteiger partial charge in [-0.25, -0.2) is 0 Å². The van der Waals surface area contributed by atoms with Gasteiger partial charge >= 0.3 is 0 Å². The second kappa shape index (κ2) is 4.31. The second-order valence-electron chi connectivity index (χ2n) is 3.51. The number of para-hydroxylation sites is 1. The molecule has 0 amide bonds. The van der Waals surface area contributed by atoms with Crippen molar-refractivity contribution in [2.24, 2.45) is 5.92 Å². The van der Waals surface area contributed by atoms with Crippen molar-refractivity contribution in [2.45, 2.75) is 19.3 Å². The second-order valence-corrected chi connectivity index (χ2v) is 4.67. The Hall–Kier alpha value is -0.250. The average Bonchev–Trinajstić information content (AvgIpc) is 2.92. The summed E-state index contributed by atoms with van der Waals surface area (Å²) in [5.74, 6) is 1.99. The van der Waals surface area contributed by atoms with Crippen LogP contribution >= 0.6 is 22.6 Å². The molecule has 13 heavy (non-hydrogen) atoms. The minimum absolute atomic E-state index is 0.880. The van der Waals surface area contributed by atoms with E-state index in [1.165, 1.54) is 22.8 Å². The Labute approximate surface area is 92.6 Å². The fraction of sp³-hybridized carbons (Fsp3) is 0.455. The predicted octanol–water partition coefficient (Wildman–Crippen LogP) is 3.47. The zero-order valence-electron chi connectivity index (χ0n) is 7.50. The Bertz CT molecular complexity index is 281. The van der Waals surface area contributed by atoms with Crippen LogP contribution in [0.3, 0.4) is 0 Å². The van der Waals surface area contributed by atoms with Crippen molar-refractivity contribution in [3.05, 3.63) is 27.8 Å². The molecule has 0 heterocycles. The molecule has 0 saturated heterocycles. The molecule has 0 N–H and O–H groups in total. The van der Waals surface area contributed by atoms with Gasteiger partial charge in [0.2, 0.25) is 0 Å². The molecular weight excluding hydrogens is 275 g/mol. The lowest BCUT2D eigenvalue weighted by atomic mass is 10.3. The Morgan fingerprint density at radius 1 is 1.31 bits per heavy atom. The van der Waals surface area contributed by atoms with Gasteiger partial charge < -0.3 is 4.74 Å². The van der Waals surface area contributed by atoms with Crippen molar-refractivity contribution in [2.75, 3.05) is 6.61 Å². The predicted molar refractivity (Wildman–Crippen MR) is 62.0 cm³/mol. The van der Waals surface area contributed by atoms with Crippen LogP contribution in [0.25, 0.3) is 0 Å². The van der Waals surface area contributed by atoms with Crippen molar-refractivity contribution in [1.82, 2.24) is 0 Å². The fourth-order valence-electron chi connectivity index (χ4n) is 1.30. The summed E-state index contributed by atoms with van der Waals surface area (Å²) >= 11 is 2.31. The summed E-state index contributed by atoms with van der Waals surface area (Å²) in [5.41, 5.74) is 0. The van der Waals surface area contributed by atoms with Gasteiger partial charge in [-0.1, -0.05) is 25.0 Å². The molecule has 0 aliphatic heterocycles. The number of halogens is 1. The van der Waals surface area contributed by atoms with E-state index < -0.39 is 0 Å². The highest BCUT2D eigenvalue weighted by Gasteiger charge is 2.20. The first-order valence-corrected chi connectivity index (χ1v) is 5.81.